The number of halogens is 2. The number of fused-ring (bicyclic) bond motifs is 3. The van der Waals surface area contributed by atoms with Gasteiger partial charge >= 0.3 is 0 Å². The van der Waals surface area contributed by atoms with Crippen LogP contribution >= 0.6 is 0 Å². The molecular weight excluding hydrogens is 296 g/mol. The van der Waals surface area contributed by atoms with E-state index in [0.717, 1.165) is 18.2 Å². The molecule has 1 atom stereocenters. The lowest BCUT2D eigenvalue weighted by molar-refractivity contribution is -0.765. The highest BCUT2D eigenvalue weighted by Crippen LogP contribution is 2.48. The number of aliphatic hydroxyl groups excluding tert-OH is 1. The zero-order valence-electron chi connectivity index (χ0n) is 13.7. The topological polar surface area (TPSA) is 24.1 Å². The SMILES string of the molecule is CC1(C)c2cc(F)cc(F)c2-c2cccc[n+]2C1(C)CCCO. The van der Waals surface area contributed by atoms with E-state index in [1.54, 1.807) is 0 Å². The molecule has 3 rings (SSSR count). The van der Waals surface area contributed by atoms with Crippen LogP contribution < -0.4 is 4.57 Å². The maximum absolute atomic E-state index is 14.6. The zero-order chi connectivity index (χ0) is 16.8. The monoisotopic (exact) mass is 318 g/mol. The molecule has 0 spiro atoms. The van der Waals surface area contributed by atoms with Gasteiger partial charge in [0.05, 0.1) is 11.0 Å². The minimum atomic E-state index is -0.553. The number of hydrogen-bond donors (Lipinski definition) is 1. The van der Waals surface area contributed by atoms with Gasteiger partial charge in [-0.1, -0.05) is 0 Å². The van der Waals surface area contributed by atoms with Gasteiger partial charge in [0, 0.05) is 38.2 Å². The van der Waals surface area contributed by atoms with Gasteiger partial charge in [-0.15, -0.1) is 0 Å². The number of rotatable bonds is 3. The molecule has 4 heteroatoms. The van der Waals surface area contributed by atoms with E-state index in [0.29, 0.717) is 17.5 Å². The lowest BCUT2D eigenvalue weighted by Crippen LogP contribution is -2.67. The number of hydrogen-bond acceptors (Lipinski definition) is 1. The van der Waals surface area contributed by atoms with Gasteiger partial charge in [0.25, 0.3) is 0 Å². The van der Waals surface area contributed by atoms with Crippen molar-refractivity contribution in [3.05, 3.63) is 53.7 Å². The Kier molecular flexibility index (Phi) is 3.75. The van der Waals surface area contributed by atoms with Crippen molar-refractivity contribution in [1.29, 1.82) is 0 Å². The maximum Gasteiger partial charge on any atom is 0.216 e. The quantitative estimate of drug-likeness (QED) is 0.857. The van der Waals surface area contributed by atoms with Crippen LogP contribution in [0.3, 0.4) is 0 Å². The third-order valence-corrected chi connectivity index (χ3v) is 5.54. The van der Waals surface area contributed by atoms with Gasteiger partial charge in [-0.25, -0.2) is 8.78 Å². The normalized spacial score (nSPS) is 21.7. The van der Waals surface area contributed by atoms with Crippen LogP contribution in [0.5, 0.6) is 0 Å². The summed E-state index contributed by atoms with van der Waals surface area (Å²) < 4.78 is 30.5. The van der Waals surface area contributed by atoms with Crippen LogP contribution in [0, 0.1) is 11.6 Å². The van der Waals surface area contributed by atoms with Crippen LogP contribution in [0.2, 0.25) is 0 Å². The van der Waals surface area contributed by atoms with Gasteiger partial charge in [0.1, 0.15) is 11.6 Å². The van der Waals surface area contributed by atoms with Crippen molar-refractivity contribution in [2.45, 2.75) is 44.6 Å². The number of benzene rings is 1. The Morgan fingerprint density at radius 1 is 1.13 bits per heavy atom. The lowest BCUT2D eigenvalue weighted by atomic mass is 9.62. The first-order chi connectivity index (χ1) is 10.8. The van der Waals surface area contributed by atoms with Gasteiger partial charge in [-0.2, -0.15) is 4.57 Å². The van der Waals surface area contributed by atoms with E-state index >= 15 is 0 Å². The Morgan fingerprint density at radius 2 is 1.87 bits per heavy atom. The predicted molar refractivity (Wildman–Crippen MR) is 85.0 cm³/mol. The van der Waals surface area contributed by atoms with Crippen LogP contribution in [0.15, 0.2) is 36.5 Å². The molecule has 0 bridgehead atoms. The Morgan fingerprint density at radius 3 is 2.57 bits per heavy atom. The highest BCUT2D eigenvalue weighted by atomic mass is 19.1. The minimum Gasteiger partial charge on any atom is -0.396 e. The van der Waals surface area contributed by atoms with Gasteiger partial charge in [0.2, 0.25) is 5.69 Å². The summed E-state index contributed by atoms with van der Waals surface area (Å²) in [6.07, 6.45) is 3.30. The van der Waals surface area contributed by atoms with Crippen LogP contribution in [0.1, 0.15) is 39.2 Å². The fourth-order valence-electron chi connectivity index (χ4n) is 3.85. The predicted octanol–water partition coefficient (Wildman–Crippen LogP) is 3.70. The fourth-order valence-corrected chi connectivity index (χ4v) is 3.85. The fraction of sp³-hybridized carbons (Fsp3) is 0.421. The van der Waals surface area contributed by atoms with E-state index in [4.69, 9.17) is 0 Å². The Labute approximate surface area is 135 Å². The summed E-state index contributed by atoms with van der Waals surface area (Å²) in [5.74, 6) is -1.08. The molecule has 0 fully saturated rings. The molecule has 2 heterocycles. The second-order valence-electron chi connectivity index (χ2n) is 6.99. The van der Waals surface area contributed by atoms with E-state index in [1.807, 2.05) is 38.2 Å². The van der Waals surface area contributed by atoms with Crippen molar-refractivity contribution in [1.82, 2.24) is 0 Å². The minimum absolute atomic E-state index is 0.0960. The highest BCUT2D eigenvalue weighted by Gasteiger charge is 2.55. The zero-order valence-corrected chi connectivity index (χ0v) is 13.7. The summed E-state index contributed by atoms with van der Waals surface area (Å²) in [6, 6.07) is 8.05. The molecule has 1 aliphatic heterocycles. The maximum atomic E-state index is 14.6. The van der Waals surface area contributed by atoms with E-state index in [9.17, 15) is 13.9 Å². The van der Waals surface area contributed by atoms with Gasteiger partial charge in [-0.3, -0.25) is 0 Å². The molecule has 122 valence electrons. The second kappa shape index (κ2) is 5.38. The van der Waals surface area contributed by atoms with Crippen molar-refractivity contribution in [2.75, 3.05) is 6.61 Å². The van der Waals surface area contributed by atoms with Crippen LogP contribution in [-0.4, -0.2) is 11.7 Å². The smallest absolute Gasteiger partial charge is 0.216 e. The highest BCUT2D eigenvalue weighted by molar-refractivity contribution is 5.66. The lowest BCUT2D eigenvalue weighted by Gasteiger charge is -2.44. The summed E-state index contributed by atoms with van der Waals surface area (Å²) in [4.78, 5) is 0. The number of nitrogens with zero attached hydrogens (tertiary/aromatic N) is 1. The van der Waals surface area contributed by atoms with Crippen LogP contribution in [0.4, 0.5) is 8.78 Å². The summed E-state index contributed by atoms with van der Waals surface area (Å²) in [5.41, 5.74) is 1.03. The average Bonchev–Trinajstić information content (AvgIpc) is 2.51. The Balaban J connectivity index is 2.36. The molecule has 1 aliphatic rings. The van der Waals surface area contributed by atoms with Gasteiger partial charge in [-0.05, 0) is 38.0 Å². The number of pyridine rings is 1. The average molecular weight is 318 g/mol. The molecular formula is C19H22F2NO+. The summed E-state index contributed by atoms with van der Waals surface area (Å²) in [7, 11) is 0. The molecule has 2 nitrogen and oxygen atoms in total. The third-order valence-electron chi connectivity index (χ3n) is 5.54. The van der Waals surface area contributed by atoms with Crippen LogP contribution in [0.25, 0.3) is 11.3 Å². The molecule has 23 heavy (non-hydrogen) atoms. The first-order valence-corrected chi connectivity index (χ1v) is 7.95. The first kappa shape index (κ1) is 16.1. The van der Waals surface area contributed by atoms with Crippen molar-refractivity contribution in [3.8, 4) is 11.3 Å². The van der Waals surface area contributed by atoms with Crippen molar-refractivity contribution < 1.29 is 18.5 Å². The van der Waals surface area contributed by atoms with E-state index < -0.39 is 17.0 Å². The molecule has 0 saturated carbocycles. The number of aliphatic hydroxyl groups is 1. The molecule has 2 aromatic rings. The molecule has 0 amide bonds. The van der Waals surface area contributed by atoms with E-state index in [1.165, 1.54) is 6.07 Å². The molecule has 1 aromatic carbocycles. The molecule has 0 radical (unpaired) electrons. The molecule has 1 N–H and O–H groups in total. The molecule has 1 unspecified atom stereocenters. The van der Waals surface area contributed by atoms with Crippen molar-refractivity contribution in [2.24, 2.45) is 0 Å². The van der Waals surface area contributed by atoms with Gasteiger partial charge in [0.15, 0.2) is 11.7 Å². The largest absolute Gasteiger partial charge is 0.396 e. The Hall–Kier alpha value is -1.81. The standard InChI is InChI=1S/C19H22F2NO/c1-18(2)14-11-13(20)12-15(21)17(14)16-7-4-5-9-22(16)19(18,3)8-6-10-23/h4-5,7,9,11-12,23H,6,8,10H2,1-3H3/q+1. The van der Waals surface area contributed by atoms with Crippen molar-refractivity contribution >= 4 is 0 Å². The van der Waals surface area contributed by atoms with E-state index in [2.05, 4.69) is 11.5 Å². The molecule has 1 aromatic heterocycles. The van der Waals surface area contributed by atoms with E-state index in [-0.39, 0.29) is 12.1 Å². The second-order valence-corrected chi connectivity index (χ2v) is 6.99. The molecule has 0 saturated heterocycles. The summed E-state index contributed by atoms with van der Waals surface area (Å²) in [5, 5.41) is 9.28. The number of aromatic nitrogens is 1. The van der Waals surface area contributed by atoms with Gasteiger partial charge < -0.3 is 5.11 Å². The van der Waals surface area contributed by atoms with Crippen molar-refractivity contribution in [3.63, 3.8) is 0 Å². The Bertz CT molecular complexity index is 757. The summed E-state index contributed by atoms with van der Waals surface area (Å²) >= 11 is 0. The molecule has 0 aliphatic carbocycles. The summed E-state index contributed by atoms with van der Waals surface area (Å²) in [6.45, 7) is 6.23. The first-order valence-electron chi connectivity index (χ1n) is 7.95. The third kappa shape index (κ3) is 2.19. The van der Waals surface area contributed by atoms with Crippen LogP contribution in [-0.2, 0) is 11.0 Å².